The lowest BCUT2D eigenvalue weighted by Crippen LogP contribution is -2.21. The number of ether oxygens (including phenoxy) is 1. The molecule has 0 heterocycles. The second kappa shape index (κ2) is 4.88. The fourth-order valence-electron chi connectivity index (χ4n) is 2.44. The van der Waals surface area contributed by atoms with Gasteiger partial charge in [0, 0.05) is 6.04 Å². The molecule has 0 amide bonds. The van der Waals surface area contributed by atoms with Crippen molar-refractivity contribution in [1.29, 1.82) is 0 Å². The average Bonchev–Trinajstić information content (AvgIpc) is 2.27. The fraction of sp³-hybridized carbons (Fsp3) is 0.571. The van der Waals surface area contributed by atoms with Gasteiger partial charge in [0.05, 0.1) is 6.10 Å². The molecule has 1 aromatic rings. The van der Waals surface area contributed by atoms with Gasteiger partial charge in [0.25, 0.3) is 0 Å². The first-order chi connectivity index (χ1) is 7.70. The third-order valence-corrected chi connectivity index (χ3v) is 3.15. The van der Waals surface area contributed by atoms with Gasteiger partial charge in [0.1, 0.15) is 5.75 Å². The Labute approximate surface area is 98.0 Å². The van der Waals surface area contributed by atoms with Crippen LogP contribution in [0.2, 0.25) is 0 Å². The minimum absolute atomic E-state index is 0.252. The zero-order chi connectivity index (χ0) is 11.5. The Kier molecular flexibility index (Phi) is 3.49. The highest BCUT2D eigenvalue weighted by Crippen LogP contribution is 2.32. The standard InChI is InChI=1S/C14H21NO/c1-10(2)16-12-7-8-13-11(9-12)5-4-6-14(13)15-3/h7-10,14-15H,4-6H2,1-3H3. The van der Waals surface area contributed by atoms with E-state index in [4.69, 9.17) is 4.74 Å². The van der Waals surface area contributed by atoms with Gasteiger partial charge >= 0.3 is 0 Å². The second-order valence-electron chi connectivity index (χ2n) is 4.76. The van der Waals surface area contributed by atoms with Gasteiger partial charge in [0.2, 0.25) is 0 Å². The Morgan fingerprint density at radius 1 is 1.38 bits per heavy atom. The minimum atomic E-state index is 0.252. The van der Waals surface area contributed by atoms with E-state index >= 15 is 0 Å². The molecule has 1 atom stereocenters. The van der Waals surface area contributed by atoms with E-state index in [-0.39, 0.29) is 6.10 Å². The summed E-state index contributed by atoms with van der Waals surface area (Å²) in [5, 5.41) is 3.38. The van der Waals surface area contributed by atoms with Crippen LogP contribution in [0.5, 0.6) is 5.75 Å². The van der Waals surface area contributed by atoms with Gasteiger partial charge in [0.15, 0.2) is 0 Å². The monoisotopic (exact) mass is 219 g/mol. The number of aryl methyl sites for hydroxylation is 1. The van der Waals surface area contributed by atoms with Gasteiger partial charge < -0.3 is 10.1 Å². The van der Waals surface area contributed by atoms with Crippen molar-refractivity contribution >= 4 is 0 Å². The normalized spacial score (nSPS) is 19.6. The lowest BCUT2D eigenvalue weighted by molar-refractivity contribution is 0.242. The Morgan fingerprint density at radius 2 is 2.19 bits per heavy atom. The van der Waals surface area contributed by atoms with E-state index in [2.05, 4.69) is 37.4 Å². The Morgan fingerprint density at radius 3 is 2.88 bits per heavy atom. The van der Waals surface area contributed by atoms with Gasteiger partial charge in [-0.25, -0.2) is 0 Å². The molecule has 2 nitrogen and oxygen atoms in total. The molecule has 0 saturated heterocycles. The van der Waals surface area contributed by atoms with Crippen molar-refractivity contribution in [3.8, 4) is 5.75 Å². The number of fused-ring (bicyclic) bond motifs is 1. The van der Waals surface area contributed by atoms with Crippen molar-refractivity contribution in [1.82, 2.24) is 5.32 Å². The third-order valence-electron chi connectivity index (χ3n) is 3.15. The van der Waals surface area contributed by atoms with Crippen LogP contribution in [-0.2, 0) is 6.42 Å². The maximum absolute atomic E-state index is 5.73. The number of hydrogen-bond acceptors (Lipinski definition) is 2. The van der Waals surface area contributed by atoms with E-state index in [9.17, 15) is 0 Å². The minimum Gasteiger partial charge on any atom is -0.491 e. The molecule has 1 aromatic carbocycles. The molecule has 0 radical (unpaired) electrons. The summed E-state index contributed by atoms with van der Waals surface area (Å²) in [4.78, 5) is 0. The van der Waals surface area contributed by atoms with Crippen LogP contribution < -0.4 is 10.1 Å². The number of benzene rings is 1. The van der Waals surface area contributed by atoms with Crippen LogP contribution in [0.15, 0.2) is 18.2 Å². The molecule has 0 fully saturated rings. The first-order valence-corrected chi connectivity index (χ1v) is 6.17. The molecule has 0 saturated carbocycles. The zero-order valence-electron chi connectivity index (χ0n) is 10.4. The fourth-order valence-corrected chi connectivity index (χ4v) is 2.44. The SMILES string of the molecule is CNC1CCCc2cc(OC(C)C)ccc21. The molecule has 1 aliphatic carbocycles. The van der Waals surface area contributed by atoms with Crippen LogP contribution in [0, 0.1) is 0 Å². The molecular weight excluding hydrogens is 198 g/mol. The van der Waals surface area contributed by atoms with Gasteiger partial charge in [-0.05, 0) is 63.4 Å². The number of rotatable bonds is 3. The van der Waals surface area contributed by atoms with Gasteiger partial charge in [-0.15, -0.1) is 0 Å². The molecule has 88 valence electrons. The van der Waals surface area contributed by atoms with Gasteiger partial charge in [-0.2, -0.15) is 0 Å². The molecule has 0 aromatic heterocycles. The lowest BCUT2D eigenvalue weighted by Gasteiger charge is -2.25. The molecule has 0 bridgehead atoms. The second-order valence-corrected chi connectivity index (χ2v) is 4.76. The summed E-state index contributed by atoms with van der Waals surface area (Å²) < 4.78 is 5.73. The summed E-state index contributed by atoms with van der Waals surface area (Å²) in [5.74, 6) is 1.01. The molecule has 0 aliphatic heterocycles. The molecule has 2 heteroatoms. The van der Waals surface area contributed by atoms with Crippen molar-refractivity contribution in [3.05, 3.63) is 29.3 Å². The molecule has 1 unspecified atom stereocenters. The molecule has 2 rings (SSSR count). The number of hydrogen-bond donors (Lipinski definition) is 1. The van der Waals surface area contributed by atoms with E-state index in [0.717, 1.165) is 5.75 Å². The molecule has 1 aliphatic rings. The van der Waals surface area contributed by atoms with E-state index in [1.165, 1.54) is 30.4 Å². The number of nitrogens with one attached hydrogen (secondary N) is 1. The van der Waals surface area contributed by atoms with E-state index < -0.39 is 0 Å². The van der Waals surface area contributed by atoms with Crippen LogP contribution in [0.4, 0.5) is 0 Å². The predicted octanol–water partition coefficient (Wildman–Crippen LogP) is 3.07. The maximum atomic E-state index is 5.73. The van der Waals surface area contributed by atoms with Crippen LogP contribution >= 0.6 is 0 Å². The Bertz CT molecular complexity index is 360. The van der Waals surface area contributed by atoms with Crippen LogP contribution in [0.1, 0.15) is 43.9 Å². The lowest BCUT2D eigenvalue weighted by atomic mass is 9.87. The first-order valence-electron chi connectivity index (χ1n) is 6.17. The molecule has 0 spiro atoms. The predicted molar refractivity (Wildman–Crippen MR) is 66.9 cm³/mol. The summed E-state index contributed by atoms with van der Waals surface area (Å²) >= 11 is 0. The Balaban J connectivity index is 2.24. The van der Waals surface area contributed by atoms with E-state index in [0.29, 0.717) is 6.04 Å². The summed E-state index contributed by atoms with van der Waals surface area (Å²) in [6.45, 7) is 4.13. The largest absolute Gasteiger partial charge is 0.491 e. The van der Waals surface area contributed by atoms with Crippen molar-refractivity contribution in [2.24, 2.45) is 0 Å². The zero-order valence-corrected chi connectivity index (χ0v) is 10.4. The first kappa shape index (κ1) is 11.5. The van der Waals surface area contributed by atoms with Crippen molar-refractivity contribution in [2.45, 2.75) is 45.3 Å². The Hall–Kier alpha value is -1.02. The van der Waals surface area contributed by atoms with Crippen LogP contribution in [0.25, 0.3) is 0 Å². The highest BCUT2D eigenvalue weighted by Gasteiger charge is 2.18. The maximum Gasteiger partial charge on any atom is 0.119 e. The van der Waals surface area contributed by atoms with E-state index in [1.807, 2.05) is 7.05 Å². The third kappa shape index (κ3) is 2.38. The summed E-state index contributed by atoms with van der Waals surface area (Å²) in [6, 6.07) is 7.04. The smallest absolute Gasteiger partial charge is 0.119 e. The summed E-state index contributed by atoms with van der Waals surface area (Å²) in [7, 11) is 2.04. The van der Waals surface area contributed by atoms with Crippen molar-refractivity contribution in [3.63, 3.8) is 0 Å². The van der Waals surface area contributed by atoms with E-state index in [1.54, 1.807) is 0 Å². The van der Waals surface area contributed by atoms with Crippen molar-refractivity contribution in [2.75, 3.05) is 7.05 Å². The highest BCUT2D eigenvalue weighted by molar-refractivity contribution is 5.39. The molecule has 16 heavy (non-hydrogen) atoms. The van der Waals surface area contributed by atoms with Crippen LogP contribution in [0.3, 0.4) is 0 Å². The van der Waals surface area contributed by atoms with Crippen LogP contribution in [-0.4, -0.2) is 13.2 Å². The molecule has 1 N–H and O–H groups in total. The summed E-state index contributed by atoms with van der Waals surface area (Å²) in [5.41, 5.74) is 2.90. The van der Waals surface area contributed by atoms with Crippen molar-refractivity contribution < 1.29 is 4.74 Å². The topological polar surface area (TPSA) is 21.3 Å². The van der Waals surface area contributed by atoms with Gasteiger partial charge in [-0.1, -0.05) is 6.07 Å². The van der Waals surface area contributed by atoms with Gasteiger partial charge in [-0.3, -0.25) is 0 Å². The highest BCUT2D eigenvalue weighted by atomic mass is 16.5. The quantitative estimate of drug-likeness (QED) is 0.843. The molecular formula is C14H21NO. The average molecular weight is 219 g/mol. The summed E-state index contributed by atoms with van der Waals surface area (Å²) in [6.07, 6.45) is 3.95.